The van der Waals surface area contributed by atoms with E-state index >= 15 is 0 Å². The Balaban J connectivity index is 2.28. The first-order valence-electron chi connectivity index (χ1n) is 6.00. The van der Waals surface area contributed by atoms with E-state index < -0.39 is 0 Å². The summed E-state index contributed by atoms with van der Waals surface area (Å²) < 4.78 is 12.8. The third-order valence-corrected chi connectivity index (χ3v) is 3.60. The van der Waals surface area contributed by atoms with Crippen molar-refractivity contribution in [2.45, 2.75) is 31.6 Å². The minimum atomic E-state index is -0.343. The van der Waals surface area contributed by atoms with Crippen molar-refractivity contribution in [2.24, 2.45) is 0 Å². The topological polar surface area (TPSA) is 48.3 Å². The Morgan fingerprint density at radius 1 is 1.35 bits per heavy atom. The van der Waals surface area contributed by atoms with E-state index in [1.165, 1.54) is 0 Å². The zero-order valence-electron chi connectivity index (χ0n) is 10.8. The number of piperidine rings is 1. The van der Waals surface area contributed by atoms with E-state index in [1.54, 1.807) is 14.2 Å². The van der Waals surface area contributed by atoms with Crippen LogP contribution in [0.3, 0.4) is 0 Å². The summed E-state index contributed by atoms with van der Waals surface area (Å²) in [5.74, 6) is 0. The van der Waals surface area contributed by atoms with E-state index in [9.17, 15) is 0 Å². The summed E-state index contributed by atoms with van der Waals surface area (Å²) in [6, 6.07) is 0. The lowest BCUT2D eigenvalue weighted by Gasteiger charge is -2.37. The van der Waals surface area contributed by atoms with Crippen LogP contribution < -0.4 is 5.32 Å². The van der Waals surface area contributed by atoms with Crippen molar-refractivity contribution in [2.75, 3.05) is 27.3 Å². The number of rotatable bonds is 4. The molecule has 0 spiro atoms. The molecule has 0 unspecified atom stereocenters. The summed E-state index contributed by atoms with van der Waals surface area (Å²) in [5.41, 5.74) is 1.09. The molecule has 96 valence electrons. The first-order chi connectivity index (χ1) is 8.21. The Morgan fingerprint density at radius 2 is 2.00 bits per heavy atom. The van der Waals surface area contributed by atoms with Gasteiger partial charge in [-0.15, -0.1) is 0 Å². The lowest BCUT2D eigenvalue weighted by molar-refractivity contribution is -0.112. The van der Waals surface area contributed by atoms with Gasteiger partial charge in [-0.05, 0) is 32.9 Å². The maximum Gasteiger partial charge on any atom is 0.200 e. The van der Waals surface area contributed by atoms with Crippen LogP contribution in [-0.2, 0) is 15.0 Å². The van der Waals surface area contributed by atoms with Crippen molar-refractivity contribution in [1.82, 2.24) is 14.9 Å². The predicted octanol–water partition coefficient (Wildman–Crippen LogP) is 1.27. The van der Waals surface area contributed by atoms with E-state index in [-0.39, 0.29) is 11.8 Å². The van der Waals surface area contributed by atoms with E-state index in [0.29, 0.717) is 0 Å². The van der Waals surface area contributed by atoms with E-state index in [0.717, 1.165) is 31.6 Å². The van der Waals surface area contributed by atoms with Crippen LogP contribution in [0.2, 0.25) is 0 Å². The SMILES string of the molecule is COC(OC)c1cncn1C1(C)CCNCC1. The lowest BCUT2D eigenvalue weighted by atomic mass is 9.90. The molecule has 0 radical (unpaired) electrons. The van der Waals surface area contributed by atoms with Gasteiger partial charge in [-0.1, -0.05) is 0 Å². The smallest absolute Gasteiger partial charge is 0.200 e. The van der Waals surface area contributed by atoms with Crippen LogP contribution in [0.1, 0.15) is 31.7 Å². The molecule has 2 rings (SSSR count). The lowest BCUT2D eigenvalue weighted by Crippen LogP contribution is -2.42. The minimum Gasteiger partial charge on any atom is -0.350 e. The Kier molecular flexibility index (Phi) is 3.81. The summed E-state index contributed by atoms with van der Waals surface area (Å²) in [4.78, 5) is 4.24. The van der Waals surface area contributed by atoms with Crippen LogP contribution in [0.15, 0.2) is 12.5 Å². The predicted molar refractivity (Wildman–Crippen MR) is 64.7 cm³/mol. The van der Waals surface area contributed by atoms with Gasteiger partial charge in [-0.25, -0.2) is 4.98 Å². The number of aromatic nitrogens is 2. The van der Waals surface area contributed by atoms with Crippen molar-refractivity contribution < 1.29 is 9.47 Å². The number of ether oxygens (including phenoxy) is 2. The van der Waals surface area contributed by atoms with Crippen LogP contribution in [-0.4, -0.2) is 36.9 Å². The fourth-order valence-corrected chi connectivity index (χ4v) is 2.47. The van der Waals surface area contributed by atoms with Gasteiger partial charge < -0.3 is 19.4 Å². The van der Waals surface area contributed by atoms with Gasteiger partial charge in [0.1, 0.15) is 0 Å². The molecule has 1 saturated heterocycles. The van der Waals surface area contributed by atoms with Crippen molar-refractivity contribution in [1.29, 1.82) is 0 Å². The molecule has 1 fully saturated rings. The van der Waals surface area contributed by atoms with Crippen LogP contribution >= 0.6 is 0 Å². The second kappa shape index (κ2) is 5.16. The number of hydrogen-bond acceptors (Lipinski definition) is 4. The molecule has 2 heterocycles. The van der Waals surface area contributed by atoms with Crippen LogP contribution in [0.25, 0.3) is 0 Å². The first kappa shape index (κ1) is 12.5. The minimum absolute atomic E-state index is 0.104. The number of nitrogens with one attached hydrogen (secondary N) is 1. The van der Waals surface area contributed by atoms with Gasteiger partial charge in [0, 0.05) is 19.8 Å². The standard InChI is InChI=1S/C12H21N3O2/c1-12(4-6-13-7-5-12)15-9-14-8-10(15)11(16-2)17-3/h8-9,11,13H,4-7H2,1-3H3. The monoisotopic (exact) mass is 239 g/mol. The molecular formula is C12H21N3O2. The first-order valence-corrected chi connectivity index (χ1v) is 6.00. The van der Waals surface area contributed by atoms with Crippen LogP contribution in [0.5, 0.6) is 0 Å². The largest absolute Gasteiger partial charge is 0.350 e. The summed E-state index contributed by atoms with van der Waals surface area (Å²) in [6.07, 6.45) is 5.55. The zero-order valence-corrected chi connectivity index (χ0v) is 10.8. The molecule has 5 heteroatoms. The molecule has 0 bridgehead atoms. The quantitative estimate of drug-likeness (QED) is 0.804. The fourth-order valence-electron chi connectivity index (χ4n) is 2.47. The Labute approximate surface area is 102 Å². The van der Waals surface area contributed by atoms with Gasteiger partial charge in [0.25, 0.3) is 0 Å². The summed E-state index contributed by atoms with van der Waals surface area (Å²) in [6.45, 7) is 4.35. The number of methoxy groups -OCH3 is 2. The summed E-state index contributed by atoms with van der Waals surface area (Å²) in [7, 11) is 3.30. The molecule has 1 N–H and O–H groups in total. The third-order valence-electron chi connectivity index (χ3n) is 3.60. The Bertz CT molecular complexity index is 354. The zero-order chi connectivity index (χ0) is 12.3. The highest BCUT2D eigenvalue weighted by atomic mass is 16.7. The highest BCUT2D eigenvalue weighted by molar-refractivity contribution is 5.06. The van der Waals surface area contributed by atoms with Crippen molar-refractivity contribution in [3.8, 4) is 0 Å². The molecule has 0 saturated carbocycles. The van der Waals surface area contributed by atoms with Gasteiger partial charge >= 0.3 is 0 Å². The summed E-state index contributed by atoms with van der Waals surface area (Å²) in [5, 5.41) is 3.38. The average molecular weight is 239 g/mol. The molecule has 0 atom stereocenters. The van der Waals surface area contributed by atoms with Crippen molar-refractivity contribution >= 4 is 0 Å². The highest BCUT2D eigenvalue weighted by Gasteiger charge is 2.31. The van der Waals surface area contributed by atoms with Gasteiger partial charge in [0.05, 0.1) is 18.2 Å². The van der Waals surface area contributed by atoms with Gasteiger partial charge in [0.2, 0.25) is 0 Å². The fraction of sp³-hybridized carbons (Fsp3) is 0.750. The molecule has 1 aromatic rings. The number of hydrogen-bond donors (Lipinski definition) is 1. The molecule has 0 amide bonds. The van der Waals surface area contributed by atoms with Crippen molar-refractivity contribution in [3.63, 3.8) is 0 Å². The molecule has 0 aliphatic carbocycles. The van der Waals surface area contributed by atoms with Crippen molar-refractivity contribution in [3.05, 3.63) is 18.2 Å². The second-order valence-electron chi connectivity index (χ2n) is 4.74. The number of imidazole rings is 1. The Morgan fingerprint density at radius 3 is 2.59 bits per heavy atom. The Hall–Kier alpha value is -0.910. The molecule has 1 aromatic heterocycles. The molecule has 17 heavy (non-hydrogen) atoms. The highest BCUT2D eigenvalue weighted by Crippen LogP contribution is 2.31. The van der Waals surface area contributed by atoms with Gasteiger partial charge in [-0.2, -0.15) is 0 Å². The van der Waals surface area contributed by atoms with Gasteiger partial charge in [-0.3, -0.25) is 0 Å². The molecule has 0 aromatic carbocycles. The normalized spacial score (nSPS) is 19.8. The maximum atomic E-state index is 5.32. The van der Waals surface area contributed by atoms with E-state index in [1.807, 2.05) is 12.5 Å². The van der Waals surface area contributed by atoms with Gasteiger partial charge in [0.15, 0.2) is 6.29 Å². The van der Waals surface area contributed by atoms with Crippen LogP contribution in [0, 0.1) is 0 Å². The molecule has 1 aliphatic heterocycles. The number of nitrogens with zero attached hydrogens (tertiary/aromatic N) is 2. The molecular weight excluding hydrogens is 218 g/mol. The average Bonchev–Trinajstić information content (AvgIpc) is 2.82. The molecule has 1 aliphatic rings. The van der Waals surface area contributed by atoms with E-state index in [4.69, 9.17) is 9.47 Å². The maximum absolute atomic E-state index is 5.32. The molecule has 5 nitrogen and oxygen atoms in total. The third kappa shape index (κ3) is 2.36. The van der Waals surface area contributed by atoms with Crippen LogP contribution in [0.4, 0.5) is 0 Å². The second-order valence-corrected chi connectivity index (χ2v) is 4.74. The summed E-state index contributed by atoms with van der Waals surface area (Å²) >= 11 is 0. The van der Waals surface area contributed by atoms with E-state index in [2.05, 4.69) is 21.8 Å².